The Balaban J connectivity index is 1.23. The van der Waals surface area contributed by atoms with Crippen molar-refractivity contribution in [3.8, 4) is 16.1 Å². The van der Waals surface area contributed by atoms with Crippen LogP contribution in [0.25, 0.3) is 16.1 Å². The van der Waals surface area contributed by atoms with Gasteiger partial charge >= 0.3 is 0 Å². The molecular weight excluding hydrogens is 455 g/mol. The number of H-pyrrole nitrogens is 1. The molecule has 33 heavy (non-hydrogen) atoms. The fraction of sp³-hybridized carbons (Fsp3) is 0.200. The summed E-state index contributed by atoms with van der Waals surface area (Å²) < 4.78 is 15.8. The molecule has 0 atom stereocenters. The number of hydrogen-bond acceptors (Lipinski definition) is 4. The van der Waals surface area contributed by atoms with E-state index in [0.717, 1.165) is 35.8 Å². The van der Waals surface area contributed by atoms with E-state index in [2.05, 4.69) is 22.0 Å². The van der Waals surface area contributed by atoms with Crippen LogP contribution in [-0.4, -0.2) is 51.4 Å². The molecule has 1 saturated heterocycles. The summed E-state index contributed by atoms with van der Waals surface area (Å²) in [6.07, 6.45) is 1.70. The normalized spacial score (nSPS) is 14.5. The topological polar surface area (TPSA) is 44.3 Å². The zero-order valence-corrected chi connectivity index (χ0v) is 19.5. The van der Waals surface area contributed by atoms with E-state index < -0.39 is 0 Å². The molecule has 168 valence electrons. The van der Waals surface area contributed by atoms with E-state index in [1.54, 1.807) is 34.2 Å². The molecular formula is C25H23FN4OS2. The number of halogens is 1. The molecule has 1 N–H and O–H groups in total. The standard InChI is InChI=1S/C25H23FN4OS2/c26-19-6-4-5-18(15-19)23-10-9-21(33-23)17-28-11-13-29(14-12-28)24(31)22-16-27-25(32)30(22)20-7-2-1-3-8-20/h1-10,15-16H,11-14,17H2,(H,27,32). The van der Waals surface area contributed by atoms with Crippen LogP contribution in [0.5, 0.6) is 0 Å². The number of nitrogens with zero attached hydrogens (tertiary/aromatic N) is 3. The minimum Gasteiger partial charge on any atom is -0.336 e. The van der Waals surface area contributed by atoms with Crippen LogP contribution in [0.15, 0.2) is 72.9 Å². The van der Waals surface area contributed by atoms with Gasteiger partial charge in [-0.1, -0.05) is 30.3 Å². The fourth-order valence-corrected chi connectivity index (χ4v) is 5.42. The molecule has 3 heterocycles. The molecule has 0 aliphatic carbocycles. The Morgan fingerprint density at radius 2 is 1.79 bits per heavy atom. The highest BCUT2D eigenvalue weighted by atomic mass is 32.1. The summed E-state index contributed by atoms with van der Waals surface area (Å²) in [5.74, 6) is -0.238. The van der Waals surface area contributed by atoms with Crippen molar-refractivity contribution in [3.05, 3.63) is 94.1 Å². The number of thiophene rings is 1. The summed E-state index contributed by atoms with van der Waals surface area (Å²) in [6.45, 7) is 3.75. The second-order valence-corrected chi connectivity index (χ2v) is 9.55. The summed E-state index contributed by atoms with van der Waals surface area (Å²) in [5, 5.41) is 0. The number of carbonyl (C=O) groups excluding carboxylic acids is 1. The van der Waals surface area contributed by atoms with Crippen molar-refractivity contribution in [1.82, 2.24) is 19.4 Å². The molecule has 5 nitrogen and oxygen atoms in total. The molecule has 0 spiro atoms. The first-order chi connectivity index (χ1) is 16.1. The minimum absolute atomic E-state index is 0.0182. The monoisotopic (exact) mass is 478 g/mol. The Labute approximate surface area is 200 Å². The number of imidazole rings is 1. The molecule has 2 aromatic heterocycles. The number of rotatable bonds is 5. The Kier molecular flexibility index (Phi) is 6.22. The van der Waals surface area contributed by atoms with Gasteiger partial charge in [0.05, 0.1) is 0 Å². The van der Waals surface area contributed by atoms with Crippen molar-refractivity contribution in [2.45, 2.75) is 6.54 Å². The van der Waals surface area contributed by atoms with Gasteiger partial charge in [-0.25, -0.2) is 4.39 Å². The summed E-state index contributed by atoms with van der Waals surface area (Å²) in [7, 11) is 0. The molecule has 0 saturated carbocycles. The number of aromatic amines is 1. The Morgan fingerprint density at radius 1 is 1.00 bits per heavy atom. The zero-order chi connectivity index (χ0) is 22.8. The molecule has 5 rings (SSSR count). The number of aromatic nitrogens is 2. The molecule has 0 bridgehead atoms. The maximum absolute atomic E-state index is 13.5. The molecule has 1 aliphatic heterocycles. The summed E-state index contributed by atoms with van der Waals surface area (Å²) in [5.41, 5.74) is 2.33. The Bertz CT molecular complexity index is 1320. The third-order valence-corrected chi connectivity index (χ3v) is 7.24. The summed E-state index contributed by atoms with van der Waals surface area (Å²) >= 11 is 7.11. The first-order valence-corrected chi connectivity index (χ1v) is 12.0. The summed E-state index contributed by atoms with van der Waals surface area (Å²) in [4.78, 5) is 22.8. The maximum Gasteiger partial charge on any atom is 0.272 e. The molecule has 2 aromatic carbocycles. The van der Waals surface area contributed by atoms with Gasteiger partial charge in [-0.3, -0.25) is 14.3 Å². The number of amides is 1. The lowest BCUT2D eigenvalue weighted by atomic mass is 10.2. The lowest BCUT2D eigenvalue weighted by Crippen LogP contribution is -2.48. The van der Waals surface area contributed by atoms with Crippen LogP contribution in [-0.2, 0) is 6.54 Å². The van der Waals surface area contributed by atoms with Crippen LogP contribution in [0.4, 0.5) is 4.39 Å². The smallest absolute Gasteiger partial charge is 0.272 e. The average molecular weight is 479 g/mol. The highest BCUT2D eigenvalue weighted by Crippen LogP contribution is 2.29. The molecule has 0 unspecified atom stereocenters. The number of para-hydroxylation sites is 1. The third-order valence-electron chi connectivity index (χ3n) is 5.82. The van der Waals surface area contributed by atoms with Crippen molar-refractivity contribution in [2.24, 2.45) is 0 Å². The molecule has 1 fully saturated rings. The lowest BCUT2D eigenvalue weighted by molar-refractivity contribution is 0.0621. The van der Waals surface area contributed by atoms with Gasteiger partial charge in [0.2, 0.25) is 0 Å². The minimum atomic E-state index is -0.220. The highest BCUT2D eigenvalue weighted by Gasteiger charge is 2.25. The van der Waals surface area contributed by atoms with E-state index in [9.17, 15) is 9.18 Å². The first kappa shape index (κ1) is 21.8. The van der Waals surface area contributed by atoms with Gasteiger partial charge in [-0.05, 0) is 54.2 Å². The molecule has 4 aromatic rings. The van der Waals surface area contributed by atoms with Gasteiger partial charge in [-0.15, -0.1) is 11.3 Å². The number of benzene rings is 2. The first-order valence-electron chi connectivity index (χ1n) is 10.8. The lowest BCUT2D eigenvalue weighted by Gasteiger charge is -2.34. The predicted octanol–water partition coefficient (Wildman–Crippen LogP) is 5.36. The maximum atomic E-state index is 13.5. The van der Waals surface area contributed by atoms with E-state index in [1.807, 2.05) is 41.3 Å². The summed E-state index contributed by atoms with van der Waals surface area (Å²) in [6, 6.07) is 20.5. The van der Waals surface area contributed by atoms with Crippen molar-refractivity contribution in [2.75, 3.05) is 26.2 Å². The van der Waals surface area contributed by atoms with Crippen LogP contribution in [0.3, 0.4) is 0 Å². The van der Waals surface area contributed by atoms with Gasteiger partial charge in [0.15, 0.2) is 4.77 Å². The van der Waals surface area contributed by atoms with E-state index in [0.29, 0.717) is 23.6 Å². The van der Waals surface area contributed by atoms with Gasteiger partial charge < -0.3 is 9.88 Å². The van der Waals surface area contributed by atoms with Crippen LogP contribution in [0.2, 0.25) is 0 Å². The fourth-order valence-electron chi connectivity index (χ4n) is 4.11. The highest BCUT2D eigenvalue weighted by molar-refractivity contribution is 7.71. The van der Waals surface area contributed by atoms with Crippen LogP contribution < -0.4 is 0 Å². The van der Waals surface area contributed by atoms with Gasteiger partial charge in [0.1, 0.15) is 11.5 Å². The number of carbonyl (C=O) groups is 1. The Hall–Kier alpha value is -3.07. The van der Waals surface area contributed by atoms with Crippen molar-refractivity contribution >= 4 is 29.5 Å². The second kappa shape index (κ2) is 9.43. The van der Waals surface area contributed by atoms with E-state index >= 15 is 0 Å². The quantitative estimate of drug-likeness (QED) is 0.393. The van der Waals surface area contributed by atoms with E-state index in [4.69, 9.17) is 12.2 Å². The Morgan fingerprint density at radius 3 is 2.55 bits per heavy atom. The van der Waals surface area contributed by atoms with Crippen LogP contribution in [0, 0.1) is 10.6 Å². The van der Waals surface area contributed by atoms with Gasteiger partial charge in [0, 0.05) is 54.4 Å². The zero-order valence-electron chi connectivity index (χ0n) is 17.9. The van der Waals surface area contributed by atoms with Crippen molar-refractivity contribution in [1.29, 1.82) is 0 Å². The average Bonchev–Trinajstić information content (AvgIpc) is 3.46. The van der Waals surface area contributed by atoms with Crippen molar-refractivity contribution in [3.63, 3.8) is 0 Å². The third kappa shape index (κ3) is 4.68. The van der Waals surface area contributed by atoms with Crippen LogP contribution >= 0.6 is 23.6 Å². The predicted molar refractivity (Wildman–Crippen MR) is 132 cm³/mol. The van der Waals surface area contributed by atoms with Gasteiger partial charge in [-0.2, -0.15) is 0 Å². The van der Waals surface area contributed by atoms with Gasteiger partial charge in [0.25, 0.3) is 5.91 Å². The molecule has 0 radical (unpaired) electrons. The molecule has 1 amide bonds. The SMILES string of the molecule is O=C(c1c[nH]c(=S)n1-c1ccccc1)N1CCN(Cc2ccc(-c3cccc(F)c3)s2)CC1. The van der Waals surface area contributed by atoms with Crippen molar-refractivity contribution < 1.29 is 9.18 Å². The number of nitrogens with one attached hydrogen (secondary N) is 1. The van der Waals surface area contributed by atoms with Crippen LogP contribution in [0.1, 0.15) is 15.4 Å². The number of piperazine rings is 1. The number of hydrogen-bond donors (Lipinski definition) is 1. The van der Waals surface area contributed by atoms with E-state index in [1.165, 1.54) is 10.9 Å². The molecule has 8 heteroatoms. The van der Waals surface area contributed by atoms with E-state index in [-0.39, 0.29) is 11.7 Å². The second-order valence-electron chi connectivity index (χ2n) is 7.99. The molecule has 1 aliphatic rings. The largest absolute Gasteiger partial charge is 0.336 e.